The van der Waals surface area contributed by atoms with Crippen LogP contribution in [0.2, 0.25) is 0 Å². The van der Waals surface area contributed by atoms with E-state index in [1.54, 1.807) is 48.2 Å². The van der Waals surface area contributed by atoms with Gasteiger partial charge in [-0.25, -0.2) is 8.42 Å². The Bertz CT molecular complexity index is 1100. The molecule has 2 N–H and O–H groups in total. The molecule has 9 heteroatoms. The second-order valence-electron chi connectivity index (χ2n) is 8.24. The summed E-state index contributed by atoms with van der Waals surface area (Å²) in [4.78, 5) is 26.8. The van der Waals surface area contributed by atoms with Crippen molar-refractivity contribution in [1.29, 1.82) is 0 Å². The highest BCUT2D eigenvalue weighted by Gasteiger charge is 2.29. The van der Waals surface area contributed by atoms with Gasteiger partial charge < -0.3 is 10.2 Å². The van der Waals surface area contributed by atoms with Crippen molar-refractivity contribution in [2.75, 3.05) is 16.8 Å². The summed E-state index contributed by atoms with van der Waals surface area (Å²) in [7, 11) is -3.94. The number of carbonyl (C=O) groups excluding carboxylic acids is 2. The van der Waals surface area contributed by atoms with Crippen LogP contribution in [0.3, 0.4) is 0 Å². The van der Waals surface area contributed by atoms with Crippen LogP contribution in [0.25, 0.3) is 0 Å². The molecule has 0 aliphatic carbocycles. The molecule has 0 spiro atoms. The molecular weight excluding hydrogens is 494 g/mol. The quantitative estimate of drug-likeness (QED) is 0.546. The predicted molar refractivity (Wildman–Crippen MR) is 129 cm³/mol. The van der Waals surface area contributed by atoms with Gasteiger partial charge in [0.15, 0.2) is 0 Å². The van der Waals surface area contributed by atoms with E-state index < -0.39 is 22.0 Å². The van der Waals surface area contributed by atoms with E-state index in [-0.39, 0.29) is 16.7 Å². The maximum Gasteiger partial charge on any atom is 0.242 e. The van der Waals surface area contributed by atoms with Crippen molar-refractivity contribution in [3.05, 3.63) is 52.5 Å². The number of hydrogen-bond donors (Lipinski definition) is 2. The molecule has 0 unspecified atom stereocenters. The molecular formula is C23H28BrN3O4S. The number of sulfonamides is 1. The molecule has 172 valence electrons. The minimum absolute atomic E-state index is 0.0130. The Morgan fingerprint density at radius 2 is 1.81 bits per heavy atom. The number of nitrogens with one attached hydrogen (secondary N) is 2. The van der Waals surface area contributed by atoms with Gasteiger partial charge in [-0.2, -0.15) is 4.72 Å². The van der Waals surface area contributed by atoms with Crippen molar-refractivity contribution in [2.24, 2.45) is 5.92 Å². The lowest BCUT2D eigenvalue weighted by Crippen LogP contribution is -2.44. The van der Waals surface area contributed by atoms with Crippen molar-refractivity contribution >= 4 is 49.1 Å². The van der Waals surface area contributed by atoms with Crippen LogP contribution in [0.15, 0.2) is 51.8 Å². The number of fused-ring (bicyclic) bond motifs is 1. The summed E-state index contributed by atoms with van der Waals surface area (Å²) >= 11 is 3.35. The molecule has 3 rings (SSSR count). The first-order valence-corrected chi connectivity index (χ1v) is 12.9. The van der Waals surface area contributed by atoms with Gasteiger partial charge >= 0.3 is 0 Å². The molecule has 32 heavy (non-hydrogen) atoms. The zero-order valence-electron chi connectivity index (χ0n) is 18.4. The molecule has 0 fully saturated rings. The summed E-state index contributed by atoms with van der Waals surface area (Å²) in [5.74, 6) is -0.295. The van der Waals surface area contributed by atoms with E-state index in [9.17, 15) is 18.0 Å². The third kappa shape index (κ3) is 5.76. The average Bonchev–Trinajstić information content (AvgIpc) is 3.17. The molecule has 1 aliphatic heterocycles. The molecule has 0 radical (unpaired) electrons. The number of benzene rings is 2. The lowest BCUT2D eigenvalue weighted by molar-refractivity contribution is -0.118. The molecule has 0 bridgehead atoms. The Kier molecular flexibility index (Phi) is 7.74. The fourth-order valence-corrected chi connectivity index (χ4v) is 5.22. The second-order valence-corrected chi connectivity index (χ2v) is 10.9. The highest BCUT2D eigenvalue weighted by molar-refractivity contribution is 9.10. The van der Waals surface area contributed by atoms with Crippen LogP contribution in [0.4, 0.5) is 11.4 Å². The summed E-state index contributed by atoms with van der Waals surface area (Å²) < 4.78 is 29.7. The molecule has 1 aliphatic rings. The van der Waals surface area contributed by atoms with Gasteiger partial charge in [-0.15, -0.1) is 0 Å². The monoisotopic (exact) mass is 521 g/mol. The van der Waals surface area contributed by atoms with Gasteiger partial charge in [0.1, 0.15) is 6.04 Å². The first-order chi connectivity index (χ1) is 15.1. The van der Waals surface area contributed by atoms with Crippen LogP contribution >= 0.6 is 15.9 Å². The van der Waals surface area contributed by atoms with Gasteiger partial charge in [0, 0.05) is 28.8 Å². The topological polar surface area (TPSA) is 95.6 Å². The summed E-state index contributed by atoms with van der Waals surface area (Å²) in [6, 6.07) is 10.9. The van der Waals surface area contributed by atoms with Crippen LogP contribution in [0.1, 0.15) is 39.2 Å². The largest absolute Gasteiger partial charge is 0.325 e. The zero-order chi connectivity index (χ0) is 23.5. The number of nitrogens with zero attached hydrogens (tertiary/aromatic N) is 1. The number of carbonyl (C=O) groups is 2. The molecule has 0 saturated carbocycles. The van der Waals surface area contributed by atoms with Gasteiger partial charge in [-0.1, -0.05) is 36.7 Å². The lowest BCUT2D eigenvalue weighted by atomic mass is 10.0. The first kappa shape index (κ1) is 24.4. The van der Waals surface area contributed by atoms with Crippen molar-refractivity contribution < 1.29 is 18.0 Å². The van der Waals surface area contributed by atoms with Crippen LogP contribution in [-0.4, -0.2) is 32.8 Å². The predicted octanol–water partition coefficient (Wildman–Crippen LogP) is 4.08. The lowest BCUT2D eigenvalue weighted by Gasteiger charge is -2.21. The third-order valence-corrected chi connectivity index (χ3v) is 7.29. The van der Waals surface area contributed by atoms with Crippen LogP contribution < -0.4 is 14.9 Å². The SMILES string of the molecule is CCC(=O)N1CCc2cc(S(=O)(=O)N[C@H](CC(C)C)C(=O)Nc3ccc(Br)cc3)ccc21. The Hall–Kier alpha value is -2.23. The van der Waals surface area contributed by atoms with Gasteiger partial charge in [0.2, 0.25) is 21.8 Å². The van der Waals surface area contributed by atoms with Crippen molar-refractivity contribution in [3.63, 3.8) is 0 Å². The number of anilines is 2. The summed E-state index contributed by atoms with van der Waals surface area (Å²) in [5.41, 5.74) is 2.15. The standard InChI is InChI=1S/C23H28BrN3O4S/c1-4-22(28)27-12-11-16-14-19(9-10-21(16)27)32(30,31)26-20(13-15(2)3)23(29)25-18-7-5-17(24)6-8-18/h5-10,14-15,20,26H,4,11-13H2,1-3H3,(H,25,29)/t20-/m1/s1. The summed E-state index contributed by atoms with van der Waals surface area (Å²) in [6.07, 6.45) is 1.35. The number of rotatable bonds is 8. The van der Waals surface area contributed by atoms with E-state index >= 15 is 0 Å². The highest BCUT2D eigenvalue weighted by atomic mass is 79.9. The molecule has 2 amide bonds. The van der Waals surface area contributed by atoms with Crippen molar-refractivity contribution in [1.82, 2.24) is 4.72 Å². The number of hydrogen-bond acceptors (Lipinski definition) is 4. The van der Waals surface area contributed by atoms with Crippen molar-refractivity contribution in [2.45, 2.75) is 51.0 Å². The van der Waals surface area contributed by atoms with Gasteiger partial charge in [0.25, 0.3) is 0 Å². The molecule has 1 heterocycles. The Morgan fingerprint density at radius 3 is 2.44 bits per heavy atom. The average molecular weight is 522 g/mol. The van der Waals surface area contributed by atoms with Gasteiger partial charge in [-0.05, 0) is 66.8 Å². The Labute approximate surface area is 197 Å². The van der Waals surface area contributed by atoms with Crippen LogP contribution in [0.5, 0.6) is 0 Å². The van der Waals surface area contributed by atoms with E-state index in [1.165, 1.54) is 6.07 Å². The van der Waals surface area contributed by atoms with E-state index in [2.05, 4.69) is 26.0 Å². The summed E-state index contributed by atoms with van der Waals surface area (Å²) in [5, 5.41) is 2.78. The molecule has 0 saturated heterocycles. The van der Waals surface area contributed by atoms with Crippen LogP contribution in [0, 0.1) is 5.92 Å². The first-order valence-electron chi connectivity index (χ1n) is 10.6. The maximum atomic E-state index is 13.1. The number of amides is 2. The minimum Gasteiger partial charge on any atom is -0.325 e. The second kappa shape index (κ2) is 10.1. The molecule has 7 nitrogen and oxygen atoms in total. The fraction of sp³-hybridized carbons (Fsp3) is 0.391. The van der Waals surface area contributed by atoms with Gasteiger partial charge in [0.05, 0.1) is 4.90 Å². The highest BCUT2D eigenvalue weighted by Crippen LogP contribution is 2.31. The smallest absolute Gasteiger partial charge is 0.242 e. The molecule has 2 aromatic carbocycles. The van der Waals surface area contributed by atoms with E-state index in [0.29, 0.717) is 31.5 Å². The summed E-state index contributed by atoms with van der Waals surface area (Å²) in [6.45, 7) is 6.22. The zero-order valence-corrected chi connectivity index (χ0v) is 20.8. The fourth-order valence-electron chi connectivity index (χ4n) is 3.69. The van der Waals surface area contributed by atoms with Crippen LogP contribution in [-0.2, 0) is 26.0 Å². The molecule has 1 atom stereocenters. The van der Waals surface area contributed by atoms with Crippen molar-refractivity contribution in [3.8, 4) is 0 Å². The van der Waals surface area contributed by atoms with Gasteiger partial charge in [-0.3, -0.25) is 9.59 Å². The minimum atomic E-state index is -3.94. The normalized spacial score (nSPS) is 14.3. The Morgan fingerprint density at radius 1 is 1.12 bits per heavy atom. The Balaban J connectivity index is 1.80. The molecule has 0 aromatic heterocycles. The van der Waals surface area contributed by atoms with E-state index in [4.69, 9.17) is 0 Å². The van der Waals surface area contributed by atoms with E-state index in [1.807, 2.05) is 13.8 Å². The maximum absolute atomic E-state index is 13.1. The third-order valence-electron chi connectivity index (χ3n) is 5.29. The molecule has 2 aromatic rings. The van der Waals surface area contributed by atoms with E-state index in [0.717, 1.165) is 15.7 Å². The number of halogens is 1.